The average molecular weight is 320 g/mol. The molecule has 3 aliphatic heterocycles. The van der Waals surface area contributed by atoms with Gasteiger partial charge in [0.2, 0.25) is 11.8 Å². The lowest BCUT2D eigenvalue weighted by Gasteiger charge is -2.26. The number of rotatable bonds is 2. The van der Waals surface area contributed by atoms with Crippen LogP contribution in [0.15, 0.2) is 30.4 Å². The van der Waals surface area contributed by atoms with E-state index < -0.39 is 23.5 Å². The van der Waals surface area contributed by atoms with Gasteiger partial charge in [-0.25, -0.2) is 4.90 Å². The lowest BCUT2D eigenvalue weighted by molar-refractivity contribution is -0.128. The highest BCUT2D eigenvalue weighted by Gasteiger charge is 2.67. The quantitative estimate of drug-likeness (QED) is 0.662. The van der Waals surface area contributed by atoms with Crippen LogP contribution in [0, 0.1) is 18.8 Å². The van der Waals surface area contributed by atoms with Crippen molar-refractivity contribution in [3.63, 3.8) is 0 Å². The summed E-state index contributed by atoms with van der Waals surface area (Å²) < 4.78 is 5.70. The minimum absolute atomic E-state index is 0.287. The standard InChI is InChI=1S/C16H14ClNO4/c1-8-2-3-9(17)6-10(8)18-14(20)12-11-4-5-16(7-19,22-11)13(12)15(18)21/h2-6,11-13,19H,7H2,1H3/t11-,12-,13+,16-/m1/s1. The van der Waals surface area contributed by atoms with Crippen molar-refractivity contribution in [1.29, 1.82) is 0 Å². The van der Waals surface area contributed by atoms with Gasteiger partial charge in [0.25, 0.3) is 0 Å². The first-order valence-electron chi connectivity index (χ1n) is 7.10. The molecule has 2 fully saturated rings. The van der Waals surface area contributed by atoms with Crippen LogP contribution in [0.3, 0.4) is 0 Å². The van der Waals surface area contributed by atoms with E-state index in [1.54, 1.807) is 30.4 Å². The zero-order chi connectivity index (χ0) is 15.6. The maximum absolute atomic E-state index is 12.9. The Kier molecular flexibility index (Phi) is 2.79. The van der Waals surface area contributed by atoms with E-state index in [2.05, 4.69) is 0 Å². The van der Waals surface area contributed by atoms with E-state index in [1.807, 2.05) is 6.92 Å². The van der Waals surface area contributed by atoms with Gasteiger partial charge in [-0.05, 0) is 24.6 Å². The van der Waals surface area contributed by atoms with Crippen LogP contribution in [-0.4, -0.2) is 35.2 Å². The second kappa shape index (κ2) is 4.41. The van der Waals surface area contributed by atoms with Crippen molar-refractivity contribution in [3.8, 4) is 0 Å². The van der Waals surface area contributed by atoms with Crippen LogP contribution < -0.4 is 4.90 Å². The maximum atomic E-state index is 12.9. The lowest BCUT2D eigenvalue weighted by Crippen LogP contribution is -2.43. The Morgan fingerprint density at radius 2 is 2.14 bits per heavy atom. The van der Waals surface area contributed by atoms with Gasteiger partial charge in [0.15, 0.2) is 0 Å². The molecule has 0 spiro atoms. The number of imide groups is 1. The highest BCUT2D eigenvalue weighted by atomic mass is 35.5. The van der Waals surface area contributed by atoms with E-state index in [1.165, 1.54) is 4.90 Å². The predicted octanol–water partition coefficient (Wildman–Crippen LogP) is 1.45. The number of carbonyl (C=O) groups excluding carboxylic acids is 2. The van der Waals surface area contributed by atoms with Crippen molar-refractivity contribution in [2.75, 3.05) is 11.5 Å². The third-order valence-electron chi connectivity index (χ3n) is 4.81. The number of hydrogen-bond acceptors (Lipinski definition) is 4. The summed E-state index contributed by atoms with van der Waals surface area (Å²) in [5.74, 6) is -1.85. The number of hydrogen-bond donors (Lipinski definition) is 1. The molecule has 1 aromatic carbocycles. The van der Waals surface area contributed by atoms with Crippen LogP contribution in [-0.2, 0) is 14.3 Å². The van der Waals surface area contributed by atoms with Crippen LogP contribution in [0.2, 0.25) is 5.02 Å². The highest BCUT2D eigenvalue weighted by Crippen LogP contribution is 2.52. The van der Waals surface area contributed by atoms with Crippen LogP contribution in [0.4, 0.5) is 5.69 Å². The van der Waals surface area contributed by atoms with Crippen molar-refractivity contribution in [1.82, 2.24) is 0 Å². The monoisotopic (exact) mass is 319 g/mol. The molecule has 1 aromatic rings. The normalized spacial score (nSPS) is 35.6. The average Bonchev–Trinajstić information content (AvgIpc) is 3.14. The number of aryl methyl sites for hydroxylation is 1. The Morgan fingerprint density at radius 3 is 2.86 bits per heavy atom. The van der Waals surface area contributed by atoms with E-state index in [0.29, 0.717) is 10.7 Å². The summed E-state index contributed by atoms with van der Waals surface area (Å²) in [4.78, 5) is 26.8. The molecule has 0 aliphatic carbocycles. The minimum atomic E-state index is -1.07. The van der Waals surface area contributed by atoms with Gasteiger partial charge in [-0.1, -0.05) is 29.8 Å². The molecule has 2 amide bonds. The molecule has 0 saturated carbocycles. The van der Waals surface area contributed by atoms with E-state index in [0.717, 1.165) is 5.56 Å². The summed E-state index contributed by atoms with van der Waals surface area (Å²) in [7, 11) is 0. The zero-order valence-corrected chi connectivity index (χ0v) is 12.6. The molecule has 4 atom stereocenters. The summed E-state index contributed by atoms with van der Waals surface area (Å²) in [6, 6.07) is 5.11. The maximum Gasteiger partial charge on any atom is 0.241 e. The molecule has 3 heterocycles. The number of amides is 2. The number of benzene rings is 1. The Morgan fingerprint density at radius 1 is 1.36 bits per heavy atom. The second-order valence-electron chi connectivity index (χ2n) is 6.00. The van der Waals surface area contributed by atoms with Gasteiger partial charge in [0.05, 0.1) is 30.2 Å². The minimum Gasteiger partial charge on any atom is -0.393 e. The van der Waals surface area contributed by atoms with Crippen molar-refractivity contribution in [2.45, 2.75) is 18.6 Å². The molecule has 114 valence electrons. The molecule has 0 unspecified atom stereocenters. The number of nitrogens with zero attached hydrogens (tertiary/aromatic N) is 1. The molecule has 4 rings (SSSR count). The fourth-order valence-corrected chi connectivity index (χ4v) is 3.91. The number of halogens is 1. The first-order chi connectivity index (χ1) is 10.5. The Balaban J connectivity index is 1.81. The van der Waals surface area contributed by atoms with E-state index in [-0.39, 0.29) is 18.4 Å². The topological polar surface area (TPSA) is 66.8 Å². The van der Waals surface area contributed by atoms with Crippen molar-refractivity contribution in [3.05, 3.63) is 40.9 Å². The summed E-state index contributed by atoms with van der Waals surface area (Å²) >= 11 is 6.01. The molecule has 2 saturated heterocycles. The number of ether oxygens (including phenoxy) is 1. The molecule has 3 aliphatic rings. The van der Waals surface area contributed by atoms with E-state index in [4.69, 9.17) is 16.3 Å². The smallest absolute Gasteiger partial charge is 0.241 e. The van der Waals surface area contributed by atoms with Crippen LogP contribution in [0.25, 0.3) is 0 Å². The number of fused-ring (bicyclic) bond motifs is 5. The molecule has 5 nitrogen and oxygen atoms in total. The molecule has 2 bridgehead atoms. The molecule has 1 N–H and O–H groups in total. The largest absolute Gasteiger partial charge is 0.393 e. The predicted molar refractivity (Wildman–Crippen MR) is 79.5 cm³/mol. The van der Waals surface area contributed by atoms with Gasteiger partial charge in [-0.3, -0.25) is 9.59 Å². The van der Waals surface area contributed by atoms with Gasteiger partial charge in [-0.15, -0.1) is 0 Å². The van der Waals surface area contributed by atoms with Crippen LogP contribution in [0.5, 0.6) is 0 Å². The number of aliphatic hydroxyl groups excluding tert-OH is 1. The van der Waals surface area contributed by atoms with Crippen molar-refractivity contribution in [2.24, 2.45) is 11.8 Å². The Hall–Kier alpha value is -1.69. The van der Waals surface area contributed by atoms with E-state index >= 15 is 0 Å². The van der Waals surface area contributed by atoms with Gasteiger partial charge >= 0.3 is 0 Å². The van der Waals surface area contributed by atoms with Gasteiger partial charge in [-0.2, -0.15) is 0 Å². The van der Waals surface area contributed by atoms with Gasteiger partial charge in [0, 0.05) is 5.02 Å². The Bertz CT molecular complexity index is 731. The fraction of sp³-hybridized carbons (Fsp3) is 0.375. The Labute approximate surface area is 132 Å². The van der Waals surface area contributed by atoms with Gasteiger partial charge < -0.3 is 9.84 Å². The molecule has 22 heavy (non-hydrogen) atoms. The molecule has 0 aromatic heterocycles. The summed E-state index contributed by atoms with van der Waals surface area (Å²) in [6.07, 6.45) is 3.02. The summed E-state index contributed by atoms with van der Waals surface area (Å²) in [5.41, 5.74) is 0.235. The first-order valence-corrected chi connectivity index (χ1v) is 7.48. The first kappa shape index (κ1) is 13.9. The SMILES string of the molecule is Cc1ccc(Cl)cc1N1C(=O)[C@H]2[C@@H](C1=O)[C@]1(CO)C=C[C@H]2O1. The highest BCUT2D eigenvalue weighted by molar-refractivity contribution is 6.31. The number of anilines is 1. The molecule has 6 heteroatoms. The van der Waals surface area contributed by atoms with Crippen molar-refractivity contribution >= 4 is 29.1 Å². The summed E-state index contributed by atoms with van der Waals surface area (Å²) in [5, 5.41) is 10.1. The fourth-order valence-electron chi connectivity index (χ4n) is 3.74. The van der Waals surface area contributed by atoms with Crippen LogP contribution >= 0.6 is 11.6 Å². The number of carbonyl (C=O) groups is 2. The van der Waals surface area contributed by atoms with E-state index in [9.17, 15) is 14.7 Å². The third kappa shape index (κ3) is 1.56. The summed E-state index contributed by atoms with van der Waals surface area (Å²) in [6.45, 7) is 1.51. The molecular formula is C16H14ClNO4. The molecule has 0 radical (unpaired) electrons. The zero-order valence-electron chi connectivity index (χ0n) is 11.8. The second-order valence-corrected chi connectivity index (χ2v) is 6.44. The third-order valence-corrected chi connectivity index (χ3v) is 5.05. The lowest BCUT2D eigenvalue weighted by atomic mass is 9.77. The van der Waals surface area contributed by atoms with Crippen LogP contribution in [0.1, 0.15) is 5.56 Å². The van der Waals surface area contributed by atoms with Gasteiger partial charge in [0.1, 0.15) is 5.60 Å². The number of aliphatic hydroxyl groups is 1. The van der Waals surface area contributed by atoms with Crippen molar-refractivity contribution < 1.29 is 19.4 Å². The molecular weight excluding hydrogens is 306 g/mol.